The van der Waals surface area contributed by atoms with Gasteiger partial charge in [0, 0.05) is 49.5 Å². The molecular weight excluding hydrogens is 524 g/mol. The number of ether oxygens (including phenoxy) is 1. The summed E-state index contributed by atoms with van der Waals surface area (Å²) in [5.41, 5.74) is 6.90. The maximum absolute atomic E-state index is 13.1. The van der Waals surface area contributed by atoms with Crippen molar-refractivity contribution in [1.82, 2.24) is 0 Å². The Kier molecular flexibility index (Phi) is 7.25. The van der Waals surface area contributed by atoms with Gasteiger partial charge in [-0.05, 0) is 97.0 Å². The molecule has 1 aromatic heterocycles. The number of hydrogen-bond acceptors (Lipinski definition) is 6. The van der Waals surface area contributed by atoms with Crippen LogP contribution < -0.4 is 15.4 Å². The lowest BCUT2D eigenvalue weighted by Crippen LogP contribution is -2.34. The summed E-state index contributed by atoms with van der Waals surface area (Å²) in [6.07, 6.45) is 14.5. The third kappa shape index (κ3) is 5.25. The van der Waals surface area contributed by atoms with Gasteiger partial charge in [0.2, 0.25) is 0 Å². The number of nitriles is 1. The lowest BCUT2D eigenvalue weighted by atomic mass is 9.90. The highest BCUT2D eigenvalue weighted by Gasteiger charge is 2.27. The molecule has 0 spiro atoms. The van der Waals surface area contributed by atoms with Gasteiger partial charge in [0.05, 0.1) is 18.2 Å². The van der Waals surface area contributed by atoms with Crippen molar-refractivity contribution in [2.45, 2.75) is 25.7 Å². The number of aryl methyl sites for hydroxylation is 2. The molecule has 3 aromatic rings. The third-order valence-electron chi connectivity index (χ3n) is 7.84. The zero-order valence-electron chi connectivity index (χ0n) is 23.7. The highest BCUT2D eigenvalue weighted by Crippen LogP contribution is 2.39. The normalized spacial score (nSPS) is 17.3. The van der Waals surface area contributed by atoms with E-state index in [0.29, 0.717) is 28.2 Å². The Bertz CT molecular complexity index is 1850. The van der Waals surface area contributed by atoms with E-state index in [1.54, 1.807) is 30.4 Å². The van der Waals surface area contributed by atoms with Gasteiger partial charge >= 0.3 is 5.63 Å². The van der Waals surface area contributed by atoms with Gasteiger partial charge in [0.15, 0.2) is 0 Å². The minimum Gasteiger partial charge on any atom is -0.457 e. The molecule has 7 nitrogen and oxygen atoms in total. The molecule has 42 heavy (non-hydrogen) atoms. The van der Waals surface area contributed by atoms with Gasteiger partial charge in [0.1, 0.15) is 17.1 Å². The van der Waals surface area contributed by atoms with Gasteiger partial charge in [-0.3, -0.25) is 0 Å². The average Bonchev–Trinajstić information content (AvgIpc) is 3.00. The SMILES string of the molecule is [C-]#[N+]/C(C#N)=C1C=C(/C=C/c2ccc(N(C)C)cc2)OC(/C=C/c2cc3cc4c5c(c3oc2=O)CCCN5CCC4)=C\1. The van der Waals surface area contributed by atoms with Gasteiger partial charge in [-0.2, -0.15) is 0 Å². The summed E-state index contributed by atoms with van der Waals surface area (Å²) in [4.78, 5) is 20.9. The van der Waals surface area contributed by atoms with Gasteiger partial charge < -0.3 is 19.0 Å². The van der Waals surface area contributed by atoms with E-state index in [-0.39, 0.29) is 5.70 Å². The highest BCUT2D eigenvalue weighted by atomic mass is 16.5. The van der Waals surface area contributed by atoms with Crippen molar-refractivity contribution in [3.8, 4) is 6.07 Å². The predicted octanol–water partition coefficient (Wildman–Crippen LogP) is 6.78. The molecule has 7 heteroatoms. The zero-order valence-corrected chi connectivity index (χ0v) is 23.7. The largest absolute Gasteiger partial charge is 0.457 e. The van der Waals surface area contributed by atoms with Crippen LogP contribution in [0, 0.1) is 17.9 Å². The van der Waals surface area contributed by atoms with E-state index >= 15 is 0 Å². The minimum absolute atomic E-state index is 0.0385. The van der Waals surface area contributed by atoms with Gasteiger partial charge in [-0.25, -0.2) is 14.9 Å². The highest BCUT2D eigenvalue weighted by molar-refractivity contribution is 5.89. The fourth-order valence-corrected chi connectivity index (χ4v) is 5.81. The first kappa shape index (κ1) is 26.9. The van der Waals surface area contributed by atoms with Gasteiger partial charge in [0.25, 0.3) is 5.70 Å². The molecule has 3 aliphatic rings. The summed E-state index contributed by atoms with van der Waals surface area (Å²) in [6, 6.07) is 14.1. The summed E-state index contributed by atoms with van der Waals surface area (Å²) >= 11 is 0. The molecule has 4 heterocycles. The lowest BCUT2D eigenvalue weighted by Gasteiger charge is -2.37. The van der Waals surface area contributed by atoms with E-state index in [1.807, 2.05) is 61.5 Å². The Balaban J connectivity index is 1.31. The fourth-order valence-electron chi connectivity index (χ4n) is 5.81. The molecule has 208 valence electrons. The van der Waals surface area contributed by atoms with Crippen LogP contribution in [-0.2, 0) is 17.6 Å². The number of anilines is 2. The second-order valence-electron chi connectivity index (χ2n) is 10.8. The van der Waals surface area contributed by atoms with Crippen LogP contribution in [0.1, 0.15) is 35.1 Å². The maximum Gasteiger partial charge on any atom is 0.343 e. The van der Waals surface area contributed by atoms with Crippen LogP contribution in [0.25, 0.3) is 28.0 Å². The average molecular weight is 555 g/mol. The molecule has 2 aromatic carbocycles. The van der Waals surface area contributed by atoms with E-state index in [9.17, 15) is 10.1 Å². The molecule has 3 aliphatic heterocycles. The Morgan fingerprint density at radius 1 is 1.02 bits per heavy atom. The Hall–Kier alpha value is -5.27. The van der Waals surface area contributed by atoms with Crippen molar-refractivity contribution in [2.75, 3.05) is 37.0 Å². The van der Waals surface area contributed by atoms with Crippen LogP contribution in [0.15, 0.2) is 92.7 Å². The molecule has 0 saturated heterocycles. The lowest BCUT2D eigenvalue weighted by molar-refractivity contribution is 0.332. The van der Waals surface area contributed by atoms with Crippen molar-refractivity contribution >= 4 is 34.5 Å². The monoisotopic (exact) mass is 554 g/mol. The molecule has 0 amide bonds. The van der Waals surface area contributed by atoms with Crippen LogP contribution in [0.2, 0.25) is 0 Å². The van der Waals surface area contributed by atoms with E-state index in [1.165, 1.54) is 11.3 Å². The first-order chi connectivity index (χ1) is 20.4. The van der Waals surface area contributed by atoms with Gasteiger partial charge in [-0.15, -0.1) is 0 Å². The first-order valence-electron chi connectivity index (χ1n) is 14.1. The van der Waals surface area contributed by atoms with Crippen LogP contribution in [0.3, 0.4) is 0 Å². The van der Waals surface area contributed by atoms with Crippen LogP contribution >= 0.6 is 0 Å². The zero-order chi connectivity index (χ0) is 29.2. The van der Waals surface area contributed by atoms with Gasteiger partial charge in [-0.1, -0.05) is 18.2 Å². The maximum atomic E-state index is 13.1. The smallest absolute Gasteiger partial charge is 0.343 e. The molecule has 0 atom stereocenters. The molecule has 0 unspecified atom stereocenters. The number of nitrogens with zero attached hydrogens (tertiary/aromatic N) is 4. The topological polar surface area (TPSA) is 74.1 Å². The number of rotatable bonds is 5. The standard InChI is InChI=1S/C35H30N4O3/c1-37-32(22-36)26-20-29(14-10-23-8-12-28(13-9-23)38(2)3)41-30(21-26)15-11-25-19-27-18-24-6-4-16-39-17-5-7-31(33(24)39)34(27)42-35(25)40/h8-15,18-21H,4-7,16-17H2,2-3H3/b14-10+,15-11+,32-26+. The molecule has 0 aliphatic carbocycles. The summed E-state index contributed by atoms with van der Waals surface area (Å²) in [5.74, 6) is 0.878. The number of benzene rings is 2. The molecular formula is C35H30N4O3. The predicted molar refractivity (Wildman–Crippen MR) is 167 cm³/mol. The van der Waals surface area contributed by atoms with Crippen molar-refractivity contribution in [1.29, 1.82) is 5.26 Å². The molecule has 0 fully saturated rings. The molecule has 0 N–H and O–H groups in total. The molecule has 0 radical (unpaired) electrons. The Labute approximate surface area is 245 Å². The fraction of sp³-hybridized carbons (Fsp3) is 0.229. The Morgan fingerprint density at radius 2 is 1.74 bits per heavy atom. The van der Waals surface area contributed by atoms with Crippen molar-refractivity contribution < 1.29 is 9.15 Å². The number of hydrogen-bond donors (Lipinski definition) is 0. The van der Waals surface area contributed by atoms with Crippen molar-refractivity contribution in [3.63, 3.8) is 0 Å². The Morgan fingerprint density at radius 3 is 2.43 bits per heavy atom. The van der Waals surface area contributed by atoms with E-state index in [0.717, 1.165) is 61.0 Å². The molecule has 0 saturated carbocycles. The minimum atomic E-state index is -0.411. The second-order valence-corrected chi connectivity index (χ2v) is 10.8. The van der Waals surface area contributed by atoms with Crippen LogP contribution in [0.4, 0.5) is 11.4 Å². The van der Waals surface area contributed by atoms with E-state index in [2.05, 4.69) is 15.8 Å². The van der Waals surface area contributed by atoms with Crippen LogP contribution in [0.5, 0.6) is 0 Å². The molecule has 6 rings (SSSR count). The number of allylic oxidation sites excluding steroid dienone is 6. The van der Waals surface area contributed by atoms with Crippen molar-refractivity contribution in [3.05, 3.63) is 128 Å². The van der Waals surface area contributed by atoms with E-state index in [4.69, 9.17) is 15.7 Å². The number of fused-ring (bicyclic) bond motifs is 2. The second kappa shape index (κ2) is 11.3. The van der Waals surface area contributed by atoms with E-state index < -0.39 is 5.63 Å². The first-order valence-corrected chi connectivity index (χ1v) is 14.1. The summed E-state index contributed by atoms with van der Waals surface area (Å²) < 4.78 is 12.0. The molecule has 0 bridgehead atoms. The van der Waals surface area contributed by atoms with Crippen molar-refractivity contribution in [2.24, 2.45) is 0 Å². The van der Waals surface area contributed by atoms with Crippen LogP contribution in [-0.4, -0.2) is 27.2 Å². The summed E-state index contributed by atoms with van der Waals surface area (Å²) in [7, 11) is 3.98. The summed E-state index contributed by atoms with van der Waals surface area (Å²) in [6.45, 7) is 9.53. The third-order valence-corrected chi connectivity index (χ3v) is 7.84. The quantitative estimate of drug-likeness (QED) is 0.197. The summed E-state index contributed by atoms with van der Waals surface area (Å²) in [5, 5.41) is 10.4.